The molecule has 1 unspecified atom stereocenters. The quantitative estimate of drug-likeness (QED) is 0.626. The molecule has 122 valence electrons. The second-order valence-corrected chi connectivity index (χ2v) is 6.43. The molecule has 0 bridgehead atoms. The number of hydrogen-bond donors (Lipinski definition) is 1. The van der Waals surface area contributed by atoms with Gasteiger partial charge in [0.25, 0.3) is 0 Å². The van der Waals surface area contributed by atoms with E-state index in [4.69, 9.17) is 4.74 Å². The first-order valence-electron chi connectivity index (χ1n) is 8.76. The lowest BCUT2D eigenvalue weighted by atomic mass is 9.93. The third kappa shape index (κ3) is 4.13. The summed E-state index contributed by atoms with van der Waals surface area (Å²) in [6.45, 7) is 2.24. The van der Waals surface area contributed by atoms with Crippen LogP contribution in [0.3, 0.4) is 0 Å². The summed E-state index contributed by atoms with van der Waals surface area (Å²) in [6.07, 6.45) is 9.99. The highest BCUT2D eigenvalue weighted by atomic mass is 16.5. The number of benzene rings is 1. The smallest absolute Gasteiger partial charge is 0.131 e. The highest BCUT2D eigenvalue weighted by Gasteiger charge is 2.40. The van der Waals surface area contributed by atoms with E-state index < -0.39 is 5.60 Å². The van der Waals surface area contributed by atoms with Gasteiger partial charge in [0.2, 0.25) is 0 Å². The lowest BCUT2D eigenvalue weighted by Crippen LogP contribution is -2.29. The van der Waals surface area contributed by atoms with Gasteiger partial charge in [-0.3, -0.25) is 0 Å². The lowest BCUT2D eigenvalue weighted by molar-refractivity contribution is 0.0181. The molecule has 1 N–H and O–H groups in total. The Morgan fingerprint density at radius 1 is 1.05 bits per heavy atom. The Morgan fingerprint density at radius 3 is 2.41 bits per heavy atom. The van der Waals surface area contributed by atoms with Gasteiger partial charge in [0.1, 0.15) is 11.4 Å². The minimum absolute atomic E-state index is 0.759. The van der Waals surface area contributed by atoms with Gasteiger partial charge in [-0.2, -0.15) is 0 Å². The number of methoxy groups -OCH3 is 1. The molecule has 0 radical (unpaired) electrons. The van der Waals surface area contributed by atoms with Crippen molar-refractivity contribution in [3.05, 3.63) is 41.7 Å². The Hall–Kier alpha value is -1.28. The summed E-state index contributed by atoms with van der Waals surface area (Å²) in [4.78, 5) is 0. The summed E-state index contributed by atoms with van der Waals surface area (Å²) < 4.78 is 5.62. The van der Waals surface area contributed by atoms with E-state index >= 15 is 0 Å². The Labute approximate surface area is 135 Å². The van der Waals surface area contributed by atoms with E-state index in [1.54, 1.807) is 7.11 Å². The van der Waals surface area contributed by atoms with Gasteiger partial charge >= 0.3 is 0 Å². The van der Waals surface area contributed by atoms with Crippen molar-refractivity contribution in [2.45, 2.75) is 70.3 Å². The predicted molar refractivity (Wildman–Crippen MR) is 92.5 cm³/mol. The summed E-state index contributed by atoms with van der Waals surface area (Å²) in [5.74, 6) is 0.798. The zero-order chi connectivity index (χ0) is 15.8. The summed E-state index contributed by atoms with van der Waals surface area (Å²) in [6, 6.07) is 10.3. The number of ether oxygens (including phenoxy) is 1. The van der Waals surface area contributed by atoms with Gasteiger partial charge in [-0.15, -0.1) is 0 Å². The minimum Gasteiger partial charge on any atom is -0.498 e. The molecule has 0 fully saturated rings. The molecule has 1 aliphatic carbocycles. The van der Waals surface area contributed by atoms with Crippen LogP contribution >= 0.6 is 0 Å². The second-order valence-electron chi connectivity index (χ2n) is 6.43. The van der Waals surface area contributed by atoms with E-state index in [9.17, 15) is 5.11 Å². The van der Waals surface area contributed by atoms with Crippen molar-refractivity contribution in [2.24, 2.45) is 0 Å². The van der Waals surface area contributed by atoms with Crippen molar-refractivity contribution in [3.63, 3.8) is 0 Å². The van der Waals surface area contributed by atoms with Gasteiger partial charge in [-0.25, -0.2) is 0 Å². The summed E-state index contributed by atoms with van der Waals surface area (Å²) in [5, 5.41) is 11.0. The van der Waals surface area contributed by atoms with Gasteiger partial charge in [0.05, 0.1) is 7.11 Å². The monoisotopic (exact) mass is 302 g/mol. The normalized spacial score (nSPS) is 21.4. The van der Waals surface area contributed by atoms with Crippen LogP contribution in [0.5, 0.6) is 0 Å². The van der Waals surface area contributed by atoms with Crippen LogP contribution < -0.4 is 0 Å². The standard InChI is InChI=1S/C20H30O2/c1-3-4-5-6-7-11-15-20(21)16-14-18(19(20)22-2)17-12-9-8-10-13-17/h8-10,12-13,21H,3-7,11,14-16H2,1-2H3. The zero-order valence-corrected chi connectivity index (χ0v) is 14.1. The van der Waals surface area contributed by atoms with Gasteiger partial charge in [0, 0.05) is 5.57 Å². The van der Waals surface area contributed by atoms with Crippen molar-refractivity contribution in [3.8, 4) is 0 Å². The maximum absolute atomic E-state index is 11.0. The van der Waals surface area contributed by atoms with Crippen LogP contribution in [0.4, 0.5) is 0 Å². The molecule has 2 heteroatoms. The first-order valence-corrected chi connectivity index (χ1v) is 8.76. The van der Waals surface area contributed by atoms with Crippen molar-refractivity contribution >= 4 is 5.57 Å². The molecule has 0 aliphatic heterocycles. The van der Waals surface area contributed by atoms with E-state index in [0.717, 1.165) is 31.4 Å². The van der Waals surface area contributed by atoms with Crippen LogP contribution in [-0.4, -0.2) is 17.8 Å². The Kier molecular flexibility index (Phi) is 6.50. The third-order valence-corrected chi connectivity index (χ3v) is 4.76. The lowest BCUT2D eigenvalue weighted by Gasteiger charge is -2.25. The maximum atomic E-state index is 11.0. The predicted octanol–water partition coefficient (Wildman–Crippen LogP) is 5.32. The van der Waals surface area contributed by atoms with Crippen LogP contribution in [0.15, 0.2) is 36.1 Å². The molecule has 0 saturated heterocycles. The van der Waals surface area contributed by atoms with Crippen molar-refractivity contribution in [1.29, 1.82) is 0 Å². The van der Waals surface area contributed by atoms with E-state index in [1.807, 2.05) is 18.2 Å². The molecule has 22 heavy (non-hydrogen) atoms. The Morgan fingerprint density at radius 2 is 1.73 bits per heavy atom. The maximum Gasteiger partial charge on any atom is 0.131 e. The largest absolute Gasteiger partial charge is 0.498 e. The molecule has 0 heterocycles. The summed E-state index contributed by atoms with van der Waals surface area (Å²) in [7, 11) is 1.69. The molecule has 2 rings (SSSR count). The highest BCUT2D eigenvalue weighted by Crippen LogP contribution is 2.43. The Bertz CT molecular complexity index is 478. The van der Waals surface area contributed by atoms with Crippen LogP contribution in [0, 0.1) is 0 Å². The summed E-state index contributed by atoms with van der Waals surface area (Å²) in [5.41, 5.74) is 1.60. The molecule has 1 aromatic carbocycles. The fraction of sp³-hybridized carbons (Fsp3) is 0.600. The molecular formula is C20H30O2. The number of allylic oxidation sites excluding steroid dienone is 1. The zero-order valence-electron chi connectivity index (χ0n) is 14.1. The average molecular weight is 302 g/mol. The summed E-state index contributed by atoms with van der Waals surface area (Å²) >= 11 is 0. The van der Waals surface area contributed by atoms with Gasteiger partial charge in [0.15, 0.2) is 0 Å². The molecular weight excluding hydrogens is 272 g/mol. The second kappa shape index (κ2) is 8.38. The molecule has 0 spiro atoms. The Balaban J connectivity index is 1.97. The van der Waals surface area contributed by atoms with E-state index in [1.165, 1.54) is 43.2 Å². The molecule has 2 nitrogen and oxygen atoms in total. The minimum atomic E-state index is -0.759. The van der Waals surface area contributed by atoms with Gasteiger partial charge < -0.3 is 9.84 Å². The molecule has 0 aromatic heterocycles. The van der Waals surface area contributed by atoms with Crippen LogP contribution in [0.25, 0.3) is 5.57 Å². The fourth-order valence-electron chi connectivity index (χ4n) is 3.50. The molecule has 1 aromatic rings. The van der Waals surface area contributed by atoms with Gasteiger partial charge in [-0.05, 0) is 24.8 Å². The van der Waals surface area contributed by atoms with Crippen molar-refractivity contribution < 1.29 is 9.84 Å². The van der Waals surface area contributed by atoms with E-state index in [2.05, 4.69) is 19.1 Å². The third-order valence-electron chi connectivity index (χ3n) is 4.76. The number of rotatable bonds is 9. The molecule has 1 atom stereocenters. The SMILES string of the molecule is CCCCCCCCC1(O)CCC(c2ccccc2)=C1OC. The molecule has 0 saturated carbocycles. The average Bonchev–Trinajstić information content (AvgIpc) is 2.88. The fourth-order valence-corrected chi connectivity index (χ4v) is 3.50. The molecule has 0 amide bonds. The topological polar surface area (TPSA) is 29.5 Å². The van der Waals surface area contributed by atoms with E-state index in [0.29, 0.717) is 0 Å². The highest BCUT2D eigenvalue weighted by molar-refractivity contribution is 5.71. The molecule has 1 aliphatic rings. The first-order chi connectivity index (χ1) is 10.7. The van der Waals surface area contributed by atoms with Crippen molar-refractivity contribution in [1.82, 2.24) is 0 Å². The number of unbranched alkanes of at least 4 members (excludes halogenated alkanes) is 5. The van der Waals surface area contributed by atoms with Crippen LogP contribution in [0.2, 0.25) is 0 Å². The van der Waals surface area contributed by atoms with Crippen LogP contribution in [0.1, 0.15) is 70.3 Å². The van der Waals surface area contributed by atoms with Crippen molar-refractivity contribution in [2.75, 3.05) is 7.11 Å². The van der Waals surface area contributed by atoms with E-state index in [-0.39, 0.29) is 0 Å². The van der Waals surface area contributed by atoms with Crippen LogP contribution in [-0.2, 0) is 4.74 Å². The number of aliphatic hydroxyl groups is 1. The van der Waals surface area contributed by atoms with Gasteiger partial charge in [-0.1, -0.05) is 75.8 Å². The number of hydrogen-bond acceptors (Lipinski definition) is 2. The first kappa shape index (κ1) is 17.1.